The number of carbonyl (C=O) groups is 1. The van der Waals surface area contributed by atoms with Crippen molar-refractivity contribution in [1.29, 1.82) is 0 Å². The second-order valence-corrected chi connectivity index (χ2v) is 10.6. The van der Waals surface area contributed by atoms with Gasteiger partial charge in [-0.25, -0.2) is 0 Å². The summed E-state index contributed by atoms with van der Waals surface area (Å²) in [6.07, 6.45) is 5.29. The van der Waals surface area contributed by atoms with Crippen LogP contribution < -0.4 is 15.0 Å². The fraction of sp³-hybridized carbons (Fsp3) is 0.654. The number of ether oxygens (including phenoxy) is 2. The van der Waals surface area contributed by atoms with Crippen LogP contribution in [0.15, 0.2) is 22.7 Å². The zero-order valence-electron chi connectivity index (χ0n) is 20.9. The predicted molar refractivity (Wildman–Crippen MR) is 131 cm³/mol. The Morgan fingerprint density at radius 2 is 2.03 bits per heavy atom. The fourth-order valence-corrected chi connectivity index (χ4v) is 4.52. The minimum Gasteiger partial charge on any atom is -0.494 e. The van der Waals surface area contributed by atoms with Gasteiger partial charge in [-0.3, -0.25) is 4.79 Å². The third-order valence-electron chi connectivity index (χ3n) is 6.70. The van der Waals surface area contributed by atoms with Crippen molar-refractivity contribution < 1.29 is 18.8 Å². The lowest BCUT2D eigenvalue weighted by atomic mass is 9.92. The number of carbonyl (C=O) groups excluding carboxylic acids is 1. The Bertz CT molecular complexity index is 954. The first kappa shape index (κ1) is 24.5. The van der Waals surface area contributed by atoms with E-state index in [1.54, 1.807) is 0 Å². The number of rotatable bonds is 8. The molecule has 4 rings (SSSR count). The molecule has 2 aromatic rings. The Morgan fingerprint density at radius 3 is 2.68 bits per heavy atom. The highest BCUT2D eigenvalue weighted by Gasteiger charge is 2.26. The molecule has 1 atom stereocenters. The molecule has 1 N–H and O–H groups in total. The van der Waals surface area contributed by atoms with Crippen LogP contribution in [0.2, 0.25) is 0 Å². The number of piperidine rings is 1. The van der Waals surface area contributed by atoms with Crippen LogP contribution in [0.25, 0.3) is 0 Å². The Morgan fingerprint density at radius 1 is 1.24 bits per heavy atom. The second-order valence-electron chi connectivity index (χ2n) is 10.6. The van der Waals surface area contributed by atoms with Crippen molar-refractivity contribution in [3.63, 3.8) is 0 Å². The minimum atomic E-state index is -0.101. The quantitative estimate of drug-likeness (QED) is 0.576. The summed E-state index contributed by atoms with van der Waals surface area (Å²) in [5, 5.41) is 7.19. The maximum absolute atomic E-state index is 12.5. The SMILES string of the molecule is Cc1cc(OCCCC2CCN(c3nc(C(C)(C)C)no3)CC2)ccc1C(=O)NC1CCOC1. The molecular formula is C26H38N4O4. The van der Waals surface area contributed by atoms with E-state index in [0.717, 1.165) is 62.3 Å². The number of amides is 1. The first-order valence-electron chi connectivity index (χ1n) is 12.5. The third kappa shape index (κ3) is 6.29. The van der Waals surface area contributed by atoms with Crippen molar-refractivity contribution in [2.45, 2.75) is 71.3 Å². The van der Waals surface area contributed by atoms with E-state index in [0.29, 0.717) is 37.3 Å². The standard InChI is InChI=1S/C26H38N4O4/c1-18-16-21(7-8-22(18)23(31)27-20-11-15-32-17-20)33-14-5-6-19-9-12-30(13-10-19)25-28-24(29-34-25)26(2,3)4/h7-8,16,19-20H,5-6,9-15,17H2,1-4H3,(H,27,31). The molecule has 1 amide bonds. The van der Waals surface area contributed by atoms with Gasteiger partial charge >= 0.3 is 6.01 Å². The Labute approximate surface area is 202 Å². The predicted octanol–water partition coefficient (Wildman–Crippen LogP) is 4.27. The second kappa shape index (κ2) is 10.8. The van der Waals surface area contributed by atoms with E-state index < -0.39 is 0 Å². The average molecular weight is 471 g/mol. The molecule has 0 bridgehead atoms. The van der Waals surface area contributed by atoms with Crippen LogP contribution in [0.5, 0.6) is 5.75 Å². The number of aromatic nitrogens is 2. The lowest BCUT2D eigenvalue weighted by molar-refractivity contribution is 0.0929. The van der Waals surface area contributed by atoms with Crippen LogP contribution in [0.1, 0.15) is 74.6 Å². The summed E-state index contributed by atoms with van der Waals surface area (Å²) < 4.78 is 16.8. The highest BCUT2D eigenvalue weighted by molar-refractivity contribution is 5.96. The Balaban J connectivity index is 1.16. The molecule has 186 valence electrons. The van der Waals surface area contributed by atoms with E-state index in [1.165, 1.54) is 0 Å². The van der Waals surface area contributed by atoms with Gasteiger partial charge in [0.15, 0.2) is 5.82 Å². The van der Waals surface area contributed by atoms with E-state index in [2.05, 4.69) is 41.1 Å². The normalized spacial score (nSPS) is 19.4. The summed E-state index contributed by atoms with van der Waals surface area (Å²) in [4.78, 5) is 19.3. The van der Waals surface area contributed by atoms with Gasteiger partial charge in [-0.2, -0.15) is 4.98 Å². The van der Waals surface area contributed by atoms with Gasteiger partial charge in [0.2, 0.25) is 0 Å². The van der Waals surface area contributed by atoms with Gasteiger partial charge in [-0.05, 0) is 68.7 Å². The van der Waals surface area contributed by atoms with Crippen molar-refractivity contribution in [2.75, 3.05) is 37.8 Å². The van der Waals surface area contributed by atoms with Gasteiger partial charge in [0.25, 0.3) is 5.91 Å². The minimum absolute atomic E-state index is 0.0407. The molecular weight excluding hydrogens is 432 g/mol. The molecule has 0 saturated carbocycles. The molecule has 0 spiro atoms. The van der Waals surface area contributed by atoms with Crippen LogP contribution >= 0.6 is 0 Å². The summed E-state index contributed by atoms with van der Waals surface area (Å²) in [5.41, 5.74) is 1.52. The van der Waals surface area contributed by atoms with Gasteiger partial charge in [0.1, 0.15) is 5.75 Å². The Kier molecular flexibility index (Phi) is 7.76. The summed E-state index contributed by atoms with van der Waals surface area (Å²) in [7, 11) is 0. The largest absolute Gasteiger partial charge is 0.494 e. The fourth-order valence-electron chi connectivity index (χ4n) is 4.52. The van der Waals surface area contributed by atoms with E-state index in [4.69, 9.17) is 14.0 Å². The molecule has 3 heterocycles. The van der Waals surface area contributed by atoms with Gasteiger partial charge in [-0.1, -0.05) is 25.9 Å². The van der Waals surface area contributed by atoms with E-state index >= 15 is 0 Å². The van der Waals surface area contributed by atoms with Crippen molar-refractivity contribution in [2.24, 2.45) is 5.92 Å². The molecule has 1 aromatic heterocycles. The van der Waals surface area contributed by atoms with Crippen LogP contribution in [-0.4, -0.2) is 55.0 Å². The van der Waals surface area contributed by atoms with Crippen molar-refractivity contribution in [1.82, 2.24) is 15.5 Å². The number of hydrogen-bond acceptors (Lipinski definition) is 7. The first-order chi connectivity index (χ1) is 16.3. The first-order valence-corrected chi connectivity index (χ1v) is 12.5. The van der Waals surface area contributed by atoms with E-state index in [9.17, 15) is 4.79 Å². The van der Waals surface area contributed by atoms with Crippen LogP contribution in [0.3, 0.4) is 0 Å². The van der Waals surface area contributed by atoms with E-state index in [1.807, 2.05) is 25.1 Å². The van der Waals surface area contributed by atoms with Crippen LogP contribution in [-0.2, 0) is 10.2 Å². The van der Waals surface area contributed by atoms with E-state index in [-0.39, 0.29) is 17.4 Å². The molecule has 1 aromatic carbocycles. The lowest BCUT2D eigenvalue weighted by Gasteiger charge is -2.30. The van der Waals surface area contributed by atoms with Crippen LogP contribution in [0.4, 0.5) is 6.01 Å². The highest BCUT2D eigenvalue weighted by atomic mass is 16.5. The van der Waals surface area contributed by atoms with Gasteiger partial charge in [-0.15, -0.1) is 0 Å². The number of aryl methyl sites for hydroxylation is 1. The monoisotopic (exact) mass is 470 g/mol. The number of anilines is 1. The molecule has 8 nitrogen and oxygen atoms in total. The average Bonchev–Trinajstić information content (AvgIpc) is 3.49. The zero-order valence-corrected chi connectivity index (χ0v) is 20.9. The smallest absolute Gasteiger partial charge is 0.324 e. The molecule has 2 saturated heterocycles. The molecule has 2 aliphatic rings. The molecule has 34 heavy (non-hydrogen) atoms. The molecule has 2 aliphatic heterocycles. The molecule has 0 radical (unpaired) electrons. The zero-order chi connectivity index (χ0) is 24.1. The maximum Gasteiger partial charge on any atom is 0.324 e. The number of nitrogens with one attached hydrogen (secondary N) is 1. The maximum atomic E-state index is 12.5. The van der Waals surface area contributed by atoms with Gasteiger partial charge in [0, 0.05) is 30.7 Å². The van der Waals surface area contributed by atoms with Crippen LogP contribution in [0, 0.1) is 12.8 Å². The number of benzene rings is 1. The summed E-state index contributed by atoms with van der Waals surface area (Å²) in [6.45, 7) is 12.1. The molecule has 0 aliphatic carbocycles. The summed E-state index contributed by atoms with van der Waals surface area (Å²) in [6, 6.07) is 6.46. The lowest BCUT2D eigenvalue weighted by Crippen LogP contribution is -2.35. The van der Waals surface area contributed by atoms with Gasteiger partial charge < -0.3 is 24.2 Å². The molecule has 1 unspecified atom stereocenters. The van der Waals surface area contributed by atoms with Crippen molar-refractivity contribution in [3.05, 3.63) is 35.2 Å². The van der Waals surface area contributed by atoms with Gasteiger partial charge in [0.05, 0.1) is 19.3 Å². The topological polar surface area (TPSA) is 89.7 Å². The van der Waals surface area contributed by atoms with Crippen molar-refractivity contribution in [3.8, 4) is 5.75 Å². The molecule has 8 heteroatoms. The highest BCUT2D eigenvalue weighted by Crippen LogP contribution is 2.27. The Hall–Kier alpha value is -2.61. The number of hydrogen-bond donors (Lipinski definition) is 1. The third-order valence-corrected chi connectivity index (χ3v) is 6.70. The molecule has 2 fully saturated rings. The number of nitrogens with zero attached hydrogens (tertiary/aromatic N) is 3. The summed E-state index contributed by atoms with van der Waals surface area (Å²) in [5.74, 6) is 2.23. The summed E-state index contributed by atoms with van der Waals surface area (Å²) >= 11 is 0. The van der Waals surface area contributed by atoms with Crippen molar-refractivity contribution >= 4 is 11.9 Å².